The predicted molar refractivity (Wildman–Crippen MR) is 53.2 cm³/mol. The maximum absolute atomic E-state index is 12.8. The van der Waals surface area contributed by atoms with E-state index >= 15 is 0 Å². The minimum atomic E-state index is -0.420. The Hall–Kier alpha value is -0.860. The Balaban J connectivity index is 2.89. The highest BCUT2D eigenvalue weighted by molar-refractivity contribution is 6.30. The van der Waals surface area contributed by atoms with Crippen LogP contribution >= 0.6 is 11.6 Å². The van der Waals surface area contributed by atoms with Crippen molar-refractivity contribution in [1.82, 2.24) is 0 Å². The number of hydrogen-bond donors (Lipinski definition) is 1. The van der Waals surface area contributed by atoms with E-state index < -0.39 is 5.82 Å². The molecule has 0 aliphatic rings. The molecule has 13 heavy (non-hydrogen) atoms. The second-order valence-electron chi connectivity index (χ2n) is 2.80. The molecule has 0 radical (unpaired) electrons. The maximum atomic E-state index is 12.8. The largest absolute Gasteiger partial charge is 0.324 e. The molecule has 0 heterocycles. The molecule has 0 aliphatic heterocycles. The van der Waals surface area contributed by atoms with E-state index in [0.29, 0.717) is 6.42 Å². The lowest BCUT2D eigenvalue weighted by Crippen LogP contribution is -2.08. The van der Waals surface area contributed by atoms with Crippen LogP contribution in [0.2, 0.25) is 5.02 Å². The van der Waals surface area contributed by atoms with E-state index in [4.69, 9.17) is 17.3 Å². The van der Waals surface area contributed by atoms with E-state index in [1.54, 1.807) is 18.2 Å². The lowest BCUT2D eigenvalue weighted by Gasteiger charge is -2.09. The van der Waals surface area contributed by atoms with Crippen LogP contribution in [0.3, 0.4) is 0 Å². The van der Waals surface area contributed by atoms with E-state index in [9.17, 15) is 4.39 Å². The van der Waals surface area contributed by atoms with E-state index in [2.05, 4.69) is 6.58 Å². The molecular formula is C10H11ClFN. The van der Waals surface area contributed by atoms with Crippen molar-refractivity contribution in [2.75, 3.05) is 0 Å². The highest BCUT2D eigenvalue weighted by atomic mass is 35.5. The third-order valence-corrected chi connectivity index (χ3v) is 2.08. The third kappa shape index (κ3) is 2.54. The van der Waals surface area contributed by atoms with Gasteiger partial charge in [0.1, 0.15) is 5.82 Å². The van der Waals surface area contributed by atoms with Crippen LogP contribution in [-0.4, -0.2) is 0 Å². The van der Waals surface area contributed by atoms with Crippen LogP contribution in [0.25, 0.3) is 0 Å². The van der Waals surface area contributed by atoms with Gasteiger partial charge in [0, 0.05) is 6.04 Å². The molecule has 1 rings (SSSR count). The fourth-order valence-electron chi connectivity index (χ4n) is 1.06. The molecule has 1 aromatic carbocycles. The molecule has 0 fully saturated rings. The quantitative estimate of drug-likeness (QED) is 0.744. The van der Waals surface area contributed by atoms with Crippen LogP contribution in [-0.2, 0) is 0 Å². The highest BCUT2D eigenvalue weighted by Gasteiger charge is 2.06. The van der Waals surface area contributed by atoms with Crippen molar-refractivity contribution in [3.8, 4) is 0 Å². The Labute approximate surface area is 82.0 Å². The Kier molecular flexibility index (Phi) is 3.46. The second kappa shape index (κ2) is 4.40. The number of rotatable bonds is 3. The van der Waals surface area contributed by atoms with E-state index in [-0.39, 0.29) is 11.1 Å². The first kappa shape index (κ1) is 10.2. The lowest BCUT2D eigenvalue weighted by atomic mass is 10.1. The average Bonchev–Trinajstić information content (AvgIpc) is 2.10. The zero-order valence-electron chi connectivity index (χ0n) is 7.13. The minimum absolute atomic E-state index is 0.108. The van der Waals surface area contributed by atoms with Gasteiger partial charge in [-0.3, -0.25) is 0 Å². The van der Waals surface area contributed by atoms with E-state index in [1.165, 1.54) is 6.07 Å². The summed E-state index contributed by atoms with van der Waals surface area (Å²) in [7, 11) is 0. The standard InChI is InChI=1S/C10H11ClFN/c1-2-3-10(13)7-4-5-9(12)8(11)6-7/h2,4-6,10H,1,3,13H2/t10-/m1/s1. The maximum Gasteiger partial charge on any atom is 0.141 e. The Morgan fingerprint density at radius 2 is 2.31 bits per heavy atom. The molecule has 0 aliphatic carbocycles. The predicted octanol–water partition coefficient (Wildman–Crippen LogP) is 3.06. The van der Waals surface area contributed by atoms with Crippen LogP contribution in [0, 0.1) is 5.82 Å². The molecule has 0 aromatic heterocycles. The van der Waals surface area contributed by atoms with Crippen LogP contribution in [0.15, 0.2) is 30.9 Å². The summed E-state index contributed by atoms with van der Waals surface area (Å²) in [6.45, 7) is 3.58. The van der Waals surface area contributed by atoms with Gasteiger partial charge in [0.2, 0.25) is 0 Å². The highest BCUT2D eigenvalue weighted by Crippen LogP contribution is 2.21. The summed E-state index contributed by atoms with van der Waals surface area (Å²) in [6.07, 6.45) is 2.38. The van der Waals surface area contributed by atoms with Gasteiger partial charge in [-0.1, -0.05) is 23.7 Å². The molecule has 70 valence electrons. The van der Waals surface area contributed by atoms with E-state index in [1.807, 2.05) is 0 Å². The number of nitrogens with two attached hydrogens (primary N) is 1. The Morgan fingerprint density at radius 3 is 2.85 bits per heavy atom. The molecule has 1 nitrogen and oxygen atoms in total. The van der Waals surface area contributed by atoms with Crippen molar-refractivity contribution in [2.24, 2.45) is 5.73 Å². The van der Waals surface area contributed by atoms with Crippen molar-refractivity contribution in [2.45, 2.75) is 12.5 Å². The molecule has 0 unspecified atom stereocenters. The van der Waals surface area contributed by atoms with Gasteiger partial charge < -0.3 is 5.73 Å². The van der Waals surface area contributed by atoms with Gasteiger partial charge in [-0.15, -0.1) is 6.58 Å². The molecule has 2 N–H and O–H groups in total. The molecule has 1 aromatic rings. The molecule has 0 spiro atoms. The van der Waals surface area contributed by atoms with Crippen molar-refractivity contribution >= 4 is 11.6 Å². The van der Waals surface area contributed by atoms with Gasteiger partial charge in [-0.2, -0.15) is 0 Å². The fourth-order valence-corrected chi connectivity index (χ4v) is 1.25. The van der Waals surface area contributed by atoms with Crippen molar-refractivity contribution in [1.29, 1.82) is 0 Å². The number of halogens is 2. The first-order chi connectivity index (χ1) is 6.15. The van der Waals surface area contributed by atoms with Gasteiger partial charge in [0.15, 0.2) is 0 Å². The van der Waals surface area contributed by atoms with Crippen LogP contribution in [0.1, 0.15) is 18.0 Å². The summed E-state index contributed by atoms with van der Waals surface area (Å²) in [6, 6.07) is 4.34. The SMILES string of the molecule is C=CC[C@@H](N)c1ccc(F)c(Cl)c1. The molecule has 0 saturated carbocycles. The first-order valence-corrected chi connectivity index (χ1v) is 4.34. The molecular weight excluding hydrogens is 189 g/mol. The summed E-state index contributed by atoms with van der Waals surface area (Å²) in [5, 5.41) is 0.108. The summed E-state index contributed by atoms with van der Waals surface area (Å²) >= 11 is 5.60. The number of hydrogen-bond acceptors (Lipinski definition) is 1. The molecule has 0 amide bonds. The summed E-state index contributed by atoms with van der Waals surface area (Å²) in [5.41, 5.74) is 6.60. The van der Waals surface area contributed by atoms with Crippen molar-refractivity contribution < 1.29 is 4.39 Å². The monoisotopic (exact) mass is 199 g/mol. The minimum Gasteiger partial charge on any atom is -0.324 e. The van der Waals surface area contributed by atoms with Gasteiger partial charge in [0.05, 0.1) is 5.02 Å². The van der Waals surface area contributed by atoms with Gasteiger partial charge in [-0.05, 0) is 24.1 Å². The molecule has 0 saturated heterocycles. The van der Waals surface area contributed by atoms with Crippen molar-refractivity contribution in [3.63, 3.8) is 0 Å². The second-order valence-corrected chi connectivity index (χ2v) is 3.21. The fraction of sp³-hybridized carbons (Fsp3) is 0.200. The average molecular weight is 200 g/mol. The Bertz CT molecular complexity index is 312. The smallest absolute Gasteiger partial charge is 0.141 e. The molecule has 3 heteroatoms. The zero-order valence-corrected chi connectivity index (χ0v) is 7.89. The van der Waals surface area contributed by atoms with Crippen LogP contribution < -0.4 is 5.73 Å². The summed E-state index contributed by atoms with van der Waals surface area (Å²) < 4.78 is 12.8. The van der Waals surface area contributed by atoms with Gasteiger partial charge in [0.25, 0.3) is 0 Å². The van der Waals surface area contributed by atoms with E-state index in [0.717, 1.165) is 5.56 Å². The van der Waals surface area contributed by atoms with Gasteiger partial charge in [-0.25, -0.2) is 4.39 Å². The zero-order chi connectivity index (χ0) is 9.84. The lowest BCUT2D eigenvalue weighted by molar-refractivity contribution is 0.625. The van der Waals surface area contributed by atoms with Gasteiger partial charge >= 0.3 is 0 Å². The van der Waals surface area contributed by atoms with Crippen LogP contribution in [0.4, 0.5) is 4.39 Å². The number of benzene rings is 1. The summed E-state index contributed by atoms with van der Waals surface area (Å²) in [5.74, 6) is -0.420. The molecule has 0 bridgehead atoms. The topological polar surface area (TPSA) is 26.0 Å². The molecule has 1 atom stereocenters. The van der Waals surface area contributed by atoms with Crippen LogP contribution in [0.5, 0.6) is 0 Å². The van der Waals surface area contributed by atoms with Crippen molar-refractivity contribution in [3.05, 3.63) is 47.3 Å². The summed E-state index contributed by atoms with van der Waals surface area (Å²) in [4.78, 5) is 0. The normalized spacial score (nSPS) is 12.5. The Morgan fingerprint density at radius 1 is 1.62 bits per heavy atom. The third-order valence-electron chi connectivity index (χ3n) is 1.79. The first-order valence-electron chi connectivity index (χ1n) is 3.96.